The van der Waals surface area contributed by atoms with Crippen LogP contribution in [0.5, 0.6) is 23.0 Å². The number of carbonyl (C=O) groups is 4. The van der Waals surface area contributed by atoms with E-state index >= 15 is 0 Å². The number of nitrogens with zero attached hydrogens (tertiary/aromatic N) is 1. The highest BCUT2D eigenvalue weighted by molar-refractivity contribution is 6.01. The molecule has 26 nitrogen and oxygen atoms in total. The zero-order valence-electron chi connectivity index (χ0n) is 43.7. The van der Waals surface area contributed by atoms with Gasteiger partial charge < -0.3 is 101 Å². The number of rotatable bonds is 34. The quantitative estimate of drug-likeness (QED) is 0.0151. The summed E-state index contributed by atoms with van der Waals surface area (Å²) in [6.45, 7) is 3.74. The summed E-state index contributed by atoms with van der Waals surface area (Å²) in [5, 5.41) is 51.9. The monoisotopic (exact) mass is 1090 g/mol. The van der Waals surface area contributed by atoms with Gasteiger partial charge >= 0.3 is 5.97 Å². The van der Waals surface area contributed by atoms with Gasteiger partial charge in [0.25, 0.3) is 5.91 Å². The van der Waals surface area contributed by atoms with Crippen molar-refractivity contribution in [3.63, 3.8) is 0 Å². The number of carbonyl (C=O) groups excluding carboxylic acids is 4. The van der Waals surface area contributed by atoms with Gasteiger partial charge in [-0.15, -0.1) is 0 Å². The van der Waals surface area contributed by atoms with Crippen LogP contribution < -0.4 is 54.2 Å². The molecule has 0 aromatic heterocycles. The number of hydrogen-bond acceptors (Lipinski definition) is 23. The second-order valence-electron chi connectivity index (χ2n) is 18.4. The van der Waals surface area contributed by atoms with E-state index in [0.717, 1.165) is 10.7 Å². The predicted octanol–water partition coefficient (Wildman–Crippen LogP) is -0.802. The third kappa shape index (κ3) is 17.9. The van der Waals surface area contributed by atoms with Crippen LogP contribution >= 0.6 is 0 Å². The first-order valence-electron chi connectivity index (χ1n) is 25.7. The van der Waals surface area contributed by atoms with E-state index in [4.69, 9.17) is 55.2 Å². The molecule has 1 spiro atoms. The first-order valence-corrected chi connectivity index (χ1v) is 25.7. The number of aromatic hydroxyl groups is 2. The minimum atomic E-state index is -1.47. The number of aliphatic hydroxyl groups is 2. The molecule has 3 aromatic rings. The summed E-state index contributed by atoms with van der Waals surface area (Å²) in [6, 6.07) is 12.7. The molecule has 428 valence electrons. The van der Waals surface area contributed by atoms with Gasteiger partial charge in [-0.1, -0.05) is 6.07 Å². The number of benzene rings is 3. The van der Waals surface area contributed by atoms with E-state index in [-0.39, 0.29) is 84.5 Å². The molecule has 3 heterocycles. The van der Waals surface area contributed by atoms with Crippen LogP contribution in [0.3, 0.4) is 0 Å². The molecular formula is C52H74N10O16. The van der Waals surface area contributed by atoms with E-state index in [2.05, 4.69) is 32.1 Å². The second kappa shape index (κ2) is 30.9. The van der Waals surface area contributed by atoms with E-state index in [1.807, 2.05) is 0 Å². The highest BCUT2D eigenvalue weighted by atomic mass is 16.7. The smallest absolute Gasteiger partial charge is 0.340 e. The molecule has 16 N–H and O–H groups in total. The number of unbranched alkanes of at least 4 members (excludes halogenated alkanes) is 1. The number of phenolic OH excluding ortho intramolecular Hbond substituents is 2. The van der Waals surface area contributed by atoms with Crippen molar-refractivity contribution in [3.8, 4) is 23.0 Å². The van der Waals surface area contributed by atoms with Crippen LogP contribution in [-0.4, -0.2) is 180 Å². The highest BCUT2D eigenvalue weighted by Gasteiger charge is 2.54. The maximum Gasteiger partial charge on any atom is 0.340 e. The maximum atomic E-state index is 13.4. The average molecular weight is 1100 g/mol. The molecule has 0 bridgehead atoms. The number of amides is 3. The summed E-state index contributed by atoms with van der Waals surface area (Å²) in [7, 11) is 1.74. The number of phenols is 2. The van der Waals surface area contributed by atoms with E-state index < -0.39 is 42.0 Å². The molecule has 0 radical (unpaired) electrons. The van der Waals surface area contributed by atoms with Gasteiger partial charge in [0.15, 0.2) is 11.9 Å². The summed E-state index contributed by atoms with van der Waals surface area (Å²) >= 11 is 0. The molecule has 1 saturated heterocycles. The number of aliphatic hydroxyl groups excluding tert-OH is 2. The molecule has 4 atom stereocenters. The van der Waals surface area contributed by atoms with Crippen LogP contribution in [-0.2, 0) is 48.3 Å². The largest absolute Gasteiger partial charge is 0.508 e. The molecule has 26 heteroatoms. The minimum absolute atomic E-state index is 0.0750. The first-order chi connectivity index (χ1) is 37.7. The van der Waals surface area contributed by atoms with Crippen molar-refractivity contribution in [1.82, 2.24) is 37.1 Å². The lowest BCUT2D eigenvalue weighted by Gasteiger charge is -2.36. The Balaban J connectivity index is 0.748. The zero-order valence-corrected chi connectivity index (χ0v) is 43.7. The van der Waals surface area contributed by atoms with Crippen molar-refractivity contribution in [1.29, 1.82) is 0 Å². The van der Waals surface area contributed by atoms with Crippen molar-refractivity contribution < 1.29 is 77.5 Å². The fourth-order valence-corrected chi connectivity index (χ4v) is 8.62. The molecule has 78 heavy (non-hydrogen) atoms. The summed E-state index contributed by atoms with van der Waals surface area (Å²) in [6.07, 6.45) is 3.87. The predicted molar refractivity (Wildman–Crippen MR) is 280 cm³/mol. The molecule has 3 amide bonds. The van der Waals surface area contributed by atoms with Gasteiger partial charge in [0.1, 0.15) is 29.5 Å². The van der Waals surface area contributed by atoms with Crippen molar-refractivity contribution in [2.75, 3.05) is 106 Å². The summed E-state index contributed by atoms with van der Waals surface area (Å²) in [5.41, 5.74) is 19.1. The molecule has 3 aromatic carbocycles. The maximum absolute atomic E-state index is 13.4. The number of fused-ring (bicyclic) bond motifs is 6. The van der Waals surface area contributed by atoms with E-state index in [9.17, 15) is 39.6 Å². The fraction of sp³-hybridized carbons (Fsp3) is 0.500. The molecule has 0 saturated carbocycles. The number of hydrogen-bond donors (Lipinski definition) is 13. The summed E-state index contributed by atoms with van der Waals surface area (Å²) < 4.78 is 45.6. The Morgan fingerprint density at radius 3 is 2.18 bits per heavy atom. The van der Waals surface area contributed by atoms with Gasteiger partial charge in [0.05, 0.1) is 102 Å². The second-order valence-corrected chi connectivity index (χ2v) is 18.4. The number of esters is 1. The number of ether oxygens (including phenoxy) is 8. The molecule has 4 unspecified atom stereocenters. The fourth-order valence-electron chi connectivity index (χ4n) is 8.62. The number of nitrogens with two attached hydrogens (primary N) is 3. The molecule has 0 aliphatic carbocycles. The van der Waals surface area contributed by atoms with Gasteiger partial charge in [-0.3, -0.25) is 14.4 Å². The van der Waals surface area contributed by atoms with Crippen molar-refractivity contribution in [2.45, 2.75) is 62.2 Å². The normalized spacial score (nSPS) is 17.7. The van der Waals surface area contributed by atoms with Gasteiger partial charge in [-0.05, 0) is 55.7 Å². The average Bonchev–Trinajstić information content (AvgIpc) is 3.95. The molecule has 3 aliphatic heterocycles. The lowest BCUT2D eigenvalue weighted by Crippen LogP contribution is -2.42. The zero-order chi connectivity index (χ0) is 55.9. The van der Waals surface area contributed by atoms with Crippen LogP contribution in [0.2, 0.25) is 0 Å². The molecule has 6 rings (SSSR count). The van der Waals surface area contributed by atoms with Crippen LogP contribution in [0.1, 0.15) is 69.5 Å². The van der Waals surface area contributed by atoms with Crippen LogP contribution in [0.25, 0.3) is 0 Å². The van der Waals surface area contributed by atoms with Crippen LogP contribution in [0.15, 0.2) is 78.4 Å². The Labute approximate surface area is 451 Å². The van der Waals surface area contributed by atoms with Crippen molar-refractivity contribution in [3.05, 3.63) is 106 Å². The Morgan fingerprint density at radius 1 is 0.833 bits per heavy atom. The van der Waals surface area contributed by atoms with Crippen LogP contribution in [0.4, 0.5) is 0 Å². The Bertz CT molecular complexity index is 2470. The van der Waals surface area contributed by atoms with E-state index in [0.29, 0.717) is 115 Å². The summed E-state index contributed by atoms with van der Waals surface area (Å²) in [4.78, 5) is 51.6. The van der Waals surface area contributed by atoms with Gasteiger partial charge in [-0.25, -0.2) is 16.1 Å². The third-order valence-electron chi connectivity index (χ3n) is 12.3. The Morgan fingerprint density at radius 2 is 1.50 bits per heavy atom. The first kappa shape index (κ1) is 60.4. The van der Waals surface area contributed by atoms with Gasteiger partial charge in [0, 0.05) is 92.0 Å². The number of nitrogens with one attached hydrogen (secondary N) is 6. The Hall–Kier alpha value is -6.82. The molecular weight excluding hydrogens is 1020 g/mol. The van der Waals surface area contributed by atoms with E-state index in [1.165, 1.54) is 42.6 Å². The molecule has 1 fully saturated rings. The number of hydrazine groups is 2. The van der Waals surface area contributed by atoms with Gasteiger partial charge in [0.2, 0.25) is 11.8 Å². The lowest BCUT2D eigenvalue weighted by molar-refractivity contribution is -0.220. The summed E-state index contributed by atoms with van der Waals surface area (Å²) in [5.74, 6) is 4.38. The van der Waals surface area contributed by atoms with Gasteiger partial charge in [-0.2, -0.15) is 0 Å². The van der Waals surface area contributed by atoms with Crippen LogP contribution in [0, 0.1) is 0 Å². The Kier molecular flexibility index (Phi) is 24.0. The van der Waals surface area contributed by atoms with E-state index in [1.54, 1.807) is 31.4 Å². The topological polar surface area (TPSA) is 377 Å². The molecule has 3 aliphatic rings. The standard InChI is InChI=1S/C52H74N10O16/c1-56-61-35(28-57-12-15-75-48-26-38(66)23-39(31-63)76-48)32-74-21-20-73-19-18-72-17-16-71-14-13-59-50(69)44(54)4-2-3-11-58-47(67)30-62(55)29-34(53)27-60-49(68)33-5-8-41-40(22-33)51(70)78-52(41)42-9-6-36(64)24-45(42)77-46-25-37(65)7-10-43(46)52/h5-10,22,24-25,28-29,38-39,44,48,56-57,61,63-66H,2-4,11-21,23,26-27,30-32,53-55H2,1H3,(H,58,67)(H,59,69)(H,60,68)/b34-29-,35-28-. The van der Waals surface area contributed by atoms with Crippen molar-refractivity contribution >= 4 is 23.7 Å². The van der Waals surface area contributed by atoms with Crippen molar-refractivity contribution in [2.24, 2.45) is 17.3 Å². The highest BCUT2D eigenvalue weighted by Crippen LogP contribution is 2.57. The minimum Gasteiger partial charge on any atom is -0.508 e. The third-order valence-corrected chi connectivity index (χ3v) is 12.3. The lowest BCUT2D eigenvalue weighted by atomic mass is 9.77. The SMILES string of the molecule is CNN/C(=C\NCCOC1CC(O)CC(CO)O1)COCCOCCOCCOCCNC(=O)C(N)CCCCNC(=O)CN(N)/C=C(\N)CNC(=O)c1ccc2c(c1)C(=O)OC21c2ccc(O)cc2Oc2cc(O)ccc21.